The first kappa shape index (κ1) is 14.6. The van der Waals surface area contributed by atoms with Gasteiger partial charge in [-0.1, -0.05) is 19.1 Å². The maximum Gasteiger partial charge on any atom is 0.242 e. The number of benzene rings is 1. The summed E-state index contributed by atoms with van der Waals surface area (Å²) in [7, 11) is -2.30. The van der Waals surface area contributed by atoms with Crippen LogP contribution in [0, 0.1) is 0 Å². The van der Waals surface area contributed by atoms with E-state index >= 15 is 0 Å². The number of anilines is 1. The van der Waals surface area contributed by atoms with Crippen molar-refractivity contribution in [3.05, 3.63) is 24.3 Å². The average Bonchev–Trinajstić information content (AvgIpc) is 2.38. The third kappa shape index (κ3) is 3.28. The molecule has 0 aliphatic carbocycles. The molecule has 7 heteroatoms. The fourth-order valence-corrected chi connectivity index (χ4v) is 2.21. The van der Waals surface area contributed by atoms with Crippen molar-refractivity contribution in [2.45, 2.75) is 24.3 Å². The molecule has 6 nitrogen and oxygen atoms in total. The van der Waals surface area contributed by atoms with Crippen molar-refractivity contribution in [2.75, 3.05) is 12.4 Å². The number of carbonyl (C=O) groups is 1. The van der Waals surface area contributed by atoms with Crippen molar-refractivity contribution in [3.63, 3.8) is 0 Å². The van der Waals surface area contributed by atoms with Crippen LogP contribution in [0.15, 0.2) is 29.2 Å². The minimum atomic E-state index is -3.61. The van der Waals surface area contributed by atoms with Gasteiger partial charge in [-0.25, -0.2) is 13.1 Å². The first-order chi connectivity index (χ1) is 8.42. The lowest BCUT2D eigenvalue weighted by Crippen LogP contribution is -2.35. The molecule has 1 rings (SSSR count). The topological polar surface area (TPSA) is 101 Å². The van der Waals surface area contributed by atoms with Crippen molar-refractivity contribution in [1.82, 2.24) is 4.72 Å². The Morgan fingerprint density at radius 2 is 2.00 bits per heavy atom. The van der Waals surface area contributed by atoms with Crippen LogP contribution in [0.3, 0.4) is 0 Å². The molecule has 100 valence electrons. The standard InChI is InChI=1S/C11H17N3O3S/c1-3-8(12)11(15)14-9-6-4-5-7-10(9)18(16,17)13-2/h4-8,13H,3,12H2,1-2H3,(H,14,15)/t8-/m1/s1. The summed E-state index contributed by atoms with van der Waals surface area (Å²) in [6.45, 7) is 1.78. The van der Waals surface area contributed by atoms with Crippen LogP contribution in [0.5, 0.6) is 0 Å². The first-order valence-corrected chi connectivity index (χ1v) is 6.99. The molecule has 0 saturated carbocycles. The molecule has 18 heavy (non-hydrogen) atoms. The van der Waals surface area contributed by atoms with Gasteiger partial charge in [0.2, 0.25) is 15.9 Å². The van der Waals surface area contributed by atoms with Crippen molar-refractivity contribution in [3.8, 4) is 0 Å². The van der Waals surface area contributed by atoms with Gasteiger partial charge in [-0.3, -0.25) is 4.79 Å². The van der Waals surface area contributed by atoms with Gasteiger partial charge < -0.3 is 11.1 Å². The van der Waals surface area contributed by atoms with Crippen LogP contribution in [-0.4, -0.2) is 27.4 Å². The zero-order valence-corrected chi connectivity index (χ0v) is 11.1. The quantitative estimate of drug-likeness (QED) is 0.715. The highest BCUT2D eigenvalue weighted by Crippen LogP contribution is 2.20. The van der Waals surface area contributed by atoms with E-state index in [-0.39, 0.29) is 10.6 Å². The van der Waals surface area contributed by atoms with Crippen molar-refractivity contribution in [1.29, 1.82) is 0 Å². The fraction of sp³-hybridized carbons (Fsp3) is 0.364. The number of hydrogen-bond acceptors (Lipinski definition) is 4. The van der Waals surface area contributed by atoms with E-state index in [4.69, 9.17) is 5.73 Å². The second-order valence-electron chi connectivity index (χ2n) is 3.71. The lowest BCUT2D eigenvalue weighted by Gasteiger charge is -2.13. The van der Waals surface area contributed by atoms with Gasteiger partial charge in [0.05, 0.1) is 11.7 Å². The van der Waals surface area contributed by atoms with Crippen molar-refractivity contribution >= 4 is 21.6 Å². The molecule has 1 aromatic rings. The summed E-state index contributed by atoms with van der Waals surface area (Å²) in [5, 5.41) is 2.52. The summed E-state index contributed by atoms with van der Waals surface area (Å²) in [4.78, 5) is 11.7. The van der Waals surface area contributed by atoms with Crippen LogP contribution in [0.4, 0.5) is 5.69 Å². The van der Waals surface area contributed by atoms with Gasteiger partial charge in [-0.15, -0.1) is 0 Å². The van der Waals surface area contributed by atoms with Crippen molar-refractivity contribution < 1.29 is 13.2 Å². The smallest absolute Gasteiger partial charge is 0.242 e. The molecule has 0 heterocycles. The largest absolute Gasteiger partial charge is 0.324 e. The normalized spacial score (nSPS) is 13.1. The number of amides is 1. The monoisotopic (exact) mass is 271 g/mol. The molecule has 0 aliphatic heterocycles. The second kappa shape index (κ2) is 5.94. The first-order valence-electron chi connectivity index (χ1n) is 5.51. The summed E-state index contributed by atoms with van der Waals surface area (Å²) in [6.07, 6.45) is 0.479. The van der Waals surface area contributed by atoms with E-state index in [0.717, 1.165) is 0 Å². The van der Waals surface area contributed by atoms with Crippen LogP contribution < -0.4 is 15.8 Å². The third-order valence-electron chi connectivity index (χ3n) is 2.48. The molecule has 0 spiro atoms. The second-order valence-corrected chi connectivity index (χ2v) is 5.56. The van der Waals surface area contributed by atoms with Gasteiger partial charge in [0, 0.05) is 0 Å². The molecule has 0 bridgehead atoms. The van der Waals surface area contributed by atoms with E-state index in [2.05, 4.69) is 10.0 Å². The zero-order valence-electron chi connectivity index (χ0n) is 10.3. The van der Waals surface area contributed by atoms with Crippen LogP contribution in [-0.2, 0) is 14.8 Å². The number of hydrogen-bond donors (Lipinski definition) is 3. The van der Waals surface area contributed by atoms with E-state index in [9.17, 15) is 13.2 Å². The van der Waals surface area contributed by atoms with Crippen molar-refractivity contribution in [2.24, 2.45) is 5.73 Å². The van der Waals surface area contributed by atoms with E-state index in [1.165, 1.54) is 19.2 Å². The Kier molecular flexibility index (Phi) is 4.83. The van der Waals surface area contributed by atoms with Crippen LogP contribution in [0.1, 0.15) is 13.3 Å². The molecule has 0 saturated heterocycles. The summed E-state index contributed by atoms with van der Waals surface area (Å²) >= 11 is 0. The van der Waals surface area contributed by atoms with Gasteiger partial charge >= 0.3 is 0 Å². The fourth-order valence-electron chi connectivity index (χ4n) is 1.33. The maximum atomic E-state index is 11.7. The Morgan fingerprint density at radius 3 is 2.56 bits per heavy atom. The number of rotatable bonds is 5. The minimum absolute atomic E-state index is 0.0177. The Labute approximate surface area is 107 Å². The number of nitrogens with one attached hydrogen (secondary N) is 2. The minimum Gasteiger partial charge on any atom is -0.324 e. The number of nitrogens with two attached hydrogens (primary N) is 1. The lowest BCUT2D eigenvalue weighted by molar-refractivity contribution is -0.117. The van der Waals surface area contributed by atoms with Crippen LogP contribution in [0.25, 0.3) is 0 Å². The van der Waals surface area contributed by atoms with E-state index in [1.54, 1.807) is 19.1 Å². The molecule has 0 aliphatic rings. The molecular weight excluding hydrogens is 254 g/mol. The van der Waals surface area contributed by atoms with Gasteiger partial charge in [-0.2, -0.15) is 0 Å². The SMILES string of the molecule is CC[C@@H](N)C(=O)Nc1ccccc1S(=O)(=O)NC. The predicted molar refractivity (Wildman–Crippen MR) is 69.6 cm³/mol. The Hall–Kier alpha value is -1.44. The summed E-state index contributed by atoms with van der Waals surface area (Å²) in [5.74, 6) is -0.406. The molecule has 1 amide bonds. The summed E-state index contributed by atoms with van der Waals surface area (Å²) in [5.41, 5.74) is 5.80. The van der Waals surface area contributed by atoms with Gasteiger partial charge in [0.1, 0.15) is 4.90 Å². The average molecular weight is 271 g/mol. The Morgan fingerprint density at radius 1 is 1.39 bits per heavy atom. The number of carbonyl (C=O) groups excluding carboxylic acids is 1. The lowest BCUT2D eigenvalue weighted by atomic mass is 10.2. The predicted octanol–water partition coefficient (Wildman–Crippen LogP) is 0.270. The van der Waals surface area contributed by atoms with Gasteiger partial charge in [-0.05, 0) is 25.6 Å². The highest BCUT2D eigenvalue weighted by atomic mass is 32.2. The highest BCUT2D eigenvalue weighted by molar-refractivity contribution is 7.89. The van der Waals surface area contributed by atoms with Crippen LogP contribution in [0.2, 0.25) is 0 Å². The molecule has 1 atom stereocenters. The van der Waals surface area contributed by atoms with Gasteiger partial charge in [0.25, 0.3) is 0 Å². The zero-order chi connectivity index (χ0) is 13.8. The molecule has 0 radical (unpaired) electrons. The van der Waals surface area contributed by atoms with E-state index < -0.39 is 22.0 Å². The molecule has 1 aromatic carbocycles. The molecular formula is C11H17N3O3S. The maximum absolute atomic E-state index is 11.7. The highest BCUT2D eigenvalue weighted by Gasteiger charge is 2.19. The Balaban J connectivity index is 3.08. The Bertz CT molecular complexity index is 528. The third-order valence-corrected chi connectivity index (χ3v) is 3.95. The molecule has 0 unspecified atom stereocenters. The number of sulfonamides is 1. The van der Waals surface area contributed by atoms with E-state index in [1.807, 2.05) is 0 Å². The summed E-state index contributed by atoms with van der Waals surface area (Å²) in [6, 6.07) is 5.50. The van der Waals surface area contributed by atoms with E-state index in [0.29, 0.717) is 6.42 Å². The van der Waals surface area contributed by atoms with Crippen LogP contribution >= 0.6 is 0 Å². The molecule has 0 aromatic heterocycles. The molecule has 0 fully saturated rings. The number of para-hydroxylation sites is 1. The van der Waals surface area contributed by atoms with Gasteiger partial charge in [0.15, 0.2) is 0 Å². The summed E-state index contributed by atoms with van der Waals surface area (Å²) < 4.78 is 25.7. The molecule has 4 N–H and O–H groups in total.